The highest BCUT2D eigenvalue weighted by atomic mass is 16.5. The Bertz CT molecular complexity index is 733. The molecule has 0 aliphatic heterocycles. The van der Waals surface area contributed by atoms with Crippen LogP contribution in [-0.4, -0.2) is 37.4 Å². The summed E-state index contributed by atoms with van der Waals surface area (Å²) in [6, 6.07) is 12.7. The predicted octanol–water partition coefficient (Wildman–Crippen LogP) is 3.53. The Morgan fingerprint density at radius 3 is 2.41 bits per heavy atom. The van der Waals surface area contributed by atoms with Crippen LogP contribution in [0.1, 0.15) is 64.1 Å². The van der Waals surface area contributed by atoms with E-state index in [-0.39, 0.29) is 5.92 Å². The van der Waals surface area contributed by atoms with Crippen LogP contribution >= 0.6 is 0 Å². The molecule has 0 heterocycles. The van der Waals surface area contributed by atoms with Gasteiger partial charge in [-0.25, -0.2) is 0 Å². The van der Waals surface area contributed by atoms with Crippen molar-refractivity contribution in [1.29, 1.82) is 0 Å². The molecule has 0 bridgehead atoms. The summed E-state index contributed by atoms with van der Waals surface area (Å²) in [6.07, 6.45) is 1.73. The second-order valence-electron chi connectivity index (χ2n) is 6.58. The van der Waals surface area contributed by atoms with Crippen LogP contribution in [0.25, 0.3) is 0 Å². The Hall–Kier alpha value is -2.50. The number of aldehydes is 2. The molecule has 5 nitrogen and oxygen atoms in total. The van der Waals surface area contributed by atoms with Crippen LogP contribution in [0.3, 0.4) is 0 Å². The number of nitrogens with one attached hydrogen (secondary N) is 1. The average molecular weight is 369 g/mol. The van der Waals surface area contributed by atoms with Gasteiger partial charge in [0.25, 0.3) is 0 Å². The van der Waals surface area contributed by atoms with Crippen molar-refractivity contribution >= 4 is 12.6 Å². The van der Waals surface area contributed by atoms with Crippen LogP contribution in [-0.2, 0) is 0 Å². The van der Waals surface area contributed by atoms with Crippen molar-refractivity contribution in [3.05, 3.63) is 64.7 Å². The van der Waals surface area contributed by atoms with Gasteiger partial charge in [0, 0.05) is 17.7 Å². The summed E-state index contributed by atoms with van der Waals surface area (Å²) in [5.41, 5.74) is 2.81. The van der Waals surface area contributed by atoms with E-state index in [1.54, 1.807) is 6.07 Å². The number of carbonyl (C=O) groups excluding carboxylic acids is 2. The van der Waals surface area contributed by atoms with E-state index in [2.05, 4.69) is 12.2 Å². The summed E-state index contributed by atoms with van der Waals surface area (Å²) < 4.78 is 5.46. The summed E-state index contributed by atoms with van der Waals surface area (Å²) in [5, 5.41) is 13.6. The van der Waals surface area contributed by atoms with Gasteiger partial charge < -0.3 is 15.2 Å². The van der Waals surface area contributed by atoms with Gasteiger partial charge in [-0.3, -0.25) is 9.59 Å². The molecule has 0 fully saturated rings. The highest BCUT2D eigenvalue weighted by Crippen LogP contribution is 2.22. The summed E-state index contributed by atoms with van der Waals surface area (Å²) >= 11 is 0. The molecule has 2 aromatic carbocycles. The van der Waals surface area contributed by atoms with E-state index in [9.17, 15) is 14.7 Å². The first kappa shape index (κ1) is 20.8. The molecular weight excluding hydrogens is 342 g/mol. The molecule has 2 rings (SSSR count). The maximum absolute atomic E-state index is 11.0. The smallest absolute Gasteiger partial charge is 0.150 e. The molecular formula is C22H27NO4. The molecule has 27 heavy (non-hydrogen) atoms. The van der Waals surface area contributed by atoms with Gasteiger partial charge in [0.05, 0.1) is 12.7 Å². The third-order valence-electron chi connectivity index (χ3n) is 4.49. The lowest BCUT2D eigenvalue weighted by Gasteiger charge is -2.16. The Balaban J connectivity index is 1.84. The van der Waals surface area contributed by atoms with Crippen LogP contribution in [0.2, 0.25) is 0 Å². The van der Waals surface area contributed by atoms with E-state index < -0.39 is 6.10 Å². The number of benzene rings is 2. The monoisotopic (exact) mass is 369 g/mol. The Morgan fingerprint density at radius 1 is 1.07 bits per heavy atom. The SMILES string of the molecule is CCOc1cccc(C(O)CNCCC(C)c2cc(C=O)cc(C=O)c2)c1. The first-order chi connectivity index (χ1) is 13.1. The van der Waals surface area contributed by atoms with E-state index in [0.717, 1.165) is 35.9 Å². The maximum atomic E-state index is 11.0. The van der Waals surface area contributed by atoms with Gasteiger partial charge in [-0.2, -0.15) is 0 Å². The highest BCUT2D eigenvalue weighted by Gasteiger charge is 2.11. The maximum Gasteiger partial charge on any atom is 0.150 e. The first-order valence-electron chi connectivity index (χ1n) is 9.24. The number of aliphatic hydroxyl groups is 1. The minimum Gasteiger partial charge on any atom is -0.494 e. The van der Waals surface area contributed by atoms with E-state index in [4.69, 9.17) is 4.74 Å². The second kappa shape index (κ2) is 10.6. The normalized spacial score (nSPS) is 13.0. The predicted molar refractivity (Wildman–Crippen MR) is 106 cm³/mol. The van der Waals surface area contributed by atoms with Crippen molar-refractivity contribution < 1.29 is 19.4 Å². The zero-order chi connectivity index (χ0) is 19.6. The van der Waals surface area contributed by atoms with Crippen molar-refractivity contribution in [2.45, 2.75) is 32.3 Å². The van der Waals surface area contributed by atoms with Gasteiger partial charge in [0.1, 0.15) is 18.3 Å². The van der Waals surface area contributed by atoms with Crippen molar-refractivity contribution in [3.8, 4) is 5.75 Å². The van der Waals surface area contributed by atoms with Crippen LogP contribution in [0.5, 0.6) is 5.75 Å². The van der Waals surface area contributed by atoms with Gasteiger partial charge in [-0.05, 0) is 67.3 Å². The average Bonchev–Trinajstić information content (AvgIpc) is 2.70. The van der Waals surface area contributed by atoms with E-state index in [0.29, 0.717) is 30.8 Å². The second-order valence-corrected chi connectivity index (χ2v) is 6.58. The number of hydrogen-bond acceptors (Lipinski definition) is 5. The number of rotatable bonds is 11. The summed E-state index contributed by atoms with van der Waals surface area (Å²) in [5.74, 6) is 0.943. The summed E-state index contributed by atoms with van der Waals surface area (Å²) in [6.45, 7) is 5.73. The van der Waals surface area contributed by atoms with Gasteiger partial charge in [-0.15, -0.1) is 0 Å². The number of ether oxygens (including phenoxy) is 1. The Kier molecular flexibility index (Phi) is 8.17. The van der Waals surface area contributed by atoms with Crippen molar-refractivity contribution in [3.63, 3.8) is 0 Å². The van der Waals surface area contributed by atoms with Crippen LogP contribution in [0.4, 0.5) is 0 Å². The fraction of sp³-hybridized carbons (Fsp3) is 0.364. The van der Waals surface area contributed by atoms with Crippen molar-refractivity contribution in [2.75, 3.05) is 19.7 Å². The molecule has 144 valence electrons. The third-order valence-corrected chi connectivity index (χ3v) is 4.49. The molecule has 0 aromatic heterocycles. The van der Waals surface area contributed by atoms with Crippen LogP contribution < -0.4 is 10.1 Å². The number of hydrogen-bond donors (Lipinski definition) is 2. The largest absolute Gasteiger partial charge is 0.494 e. The molecule has 0 radical (unpaired) electrons. The highest BCUT2D eigenvalue weighted by molar-refractivity contribution is 5.82. The van der Waals surface area contributed by atoms with Gasteiger partial charge in [0.2, 0.25) is 0 Å². The molecule has 2 N–H and O–H groups in total. The standard InChI is InChI=1S/C22H27NO4/c1-3-27-21-6-4-5-19(12-21)22(26)13-23-8-7-16(2)20-10-17(14-24)9-18(11-20)15-25/h4-6,9-12,14-16,22-23,26H,3,7-8,13H2,1-2H3. The van der Waals surface area contributed by atoms with E-state index in [1.165, 1.54) is 0 Å². The lowest BCUT2D eigenvalue weighted by atomic mass is 9.94. The first-order valence-corrected chi connectivity index (χ1v) is 9.24. The van der Waals surface area contributed by atoms with Crippen LogP contribution in [0, 0.1) is 0 Å². The zero-order valence-electron chi connectivity index (χ0n) is 15.9. The Morgan fingerprint density at radius 2 is 1.78 bits per heavy atom. The lowest BCUT2D eigenvalue weighted by Crippen LogP contribution is -2.23. The van der Waals surface area contributed by atoms with Crippen LogP contribution in [0.15, 0.2) is 42.5 Å². The molecule has 0 saturated heterocycles. The summed E-state index contributed by atoms with van der Waals surface area (Å²) in [4.78, 5) is 22.0. The van der Waals surface area contributed by atoms with Crippen molar-refractivity contribution in [1.82, 2.24) is 5.32 Å². The minimum absolute atomic E-state index is 0.189. The molecule has 2 atom stereocenters. The molecule has 5 heteroatoms. The number of carbonyl (C=O) groups is 2. The van der Waals surface area contributed by atoms with Gasteiger partial charge in [-0.1, -0.05) is 19.1 Å². The lowest BCUT2D eigenvalue weighted by molar-refractivity contribution is 0.112. The van der Waals surface area contributed by atoms with E-state index >= 15 is 0 Å². The molecule has 0 aliphatic rings. The molecule has 0 amide bonds. The molecule has 0 spiro atoms. The number of aliphatic hydroxyl groups excluding tert-OH is 1. The fourth-order valence-corrected chi connectivity index (χ4v) is 2.94. The molecule has 2 unspecified atom stereocenters. The van der Waals surface area contributed by atoms with E-state index in [1.807, 2.05) is 43.3 Å². The quantitative estimate of drug-likeness (QED) is 0.468. The molecule has 0 saturated carbocycles. The fourth-order valence-electron chi connectivity index (χ4n) is 2.94. The summed E-state index contributed by atoms with van der Waals surface area (Å²) in [7, 11) is 0. The molecule has 2 aromatic rings. The zero-order valence-corrected chi connectivity index (χ0v) is 15.9. The molecule has 0 aliphatic carbocycles. The van der Waals surface area contributed by atoms with Gasteiger partial charge >= 0.3 is 0 Å². The van der Waals surface area contributed by atoms with Crippen molar-refractivity contribution in [2.24, 2.45) is 0 Å². The topological polar surface area (TPSA) is 75.6 Å². The van der Waals surface area contributed by atoms with Gasteiger partial charge in [0.15, 0.2) is 0 Å². The minimum atomic E-state index is -0.610. The Labute approximate surface area is 160 Å². The third kappa shape index (κ3) is 6.31.